The van der Waals surface area contributed by atoms with Gasteiger partial charge in [-0.3, -0.25) is 10.1 Å². The second-order valence-corrected chi connectivity index (χ2v) is 9.54. The smallest absolute Gasteiger partial charge is 0.339 e. The van der Waals surface area contributed by atoms with Gasteiger partial charge in [-0.05, 0) is 35.9 Å². The molecule has 170 valence electrons. The first kappa shape index (κ1) is 23.9. The van der Waals surface area contributed by atoms with Crippen molar-refractivity contribution in [2.45, 2.75) is 24.7 Å². The van der Waals surface area contributed by atoms with Gasteiger partial charge in [0.1, 0.15) is 21.5 Å². The van der Waals surface area contributed by atoms with Crippen LogP contribution in [0.2, 0.25) is 0 Å². The number of carbonyl (C=O) groups is 1. The summed E-state index contributed by atoms with van der Waals surface area (Å²) in [5.41, 5.74) is 0.257. The van der Waals surface area contributed by atoms with Crippen LogP contribution in [0.15, 0.2) is 59.0 Å². The molecule has 0 radical (unpaired) electrons. The zero-order valence-corrected chi connectivity index (χ0v) is 19.6. The van der Waals surface area contributed by atoms with Gasteiger partial charge in [0.15, 0.2) is 11.5 Å². The van der Waals surface area contributed by atoms with E-state index in [0.717, 1.165) is 5.01 Å². The van der Waals surface area contributed by atoms with Gasteiger partial charge in [0.25, 0.3) is 5.91 Å². The molecular formula is C22H20N4O5S2. The zero-order valence-electron chi connectivity index (χ0n) is 18.0. The molecule has 0 fully saturated rings. The van der Waals surface area contributed by atoms with Crippen molar-refractivity contribution < 1.29 is 22.1 Å². The molecule has 2 aromatic carbocycles. The molecule has 1 N–H and O–H groups in total. The van der Waals surface area contributed by atoms with Crippen molar-refractivity contribution in [1.82, 2.24) is 10.2 Å². The van der Waals surface area contributed by atoms with Crippen LogP contribution in [0.4, 0.5) is 5.13 Å². The van der Waals surface area contributed by atoms with E-state index in [1.807, 2.05) is 19.9 Å². The van der Waals surface area contributed by atoms with E-state index in [2.05, 4.69) is 15.5 Å². The van der Waals surface area contributed by atoms with Crippen molar-refractivity contribution in [2.75, 3.05) is 12.4 Å². The van der Waals surface area contributed by atoms with Crippen LogP contribution in [0.25, 0.3) is 6.08 Å². The summed E-state index contributed by atoms with van der Waals surface area (Å²) in [6.45, 7) is 3.91. The van der Waals surface area contributed by atoms with Crippen LogP contribution in [-0.2, 0) is 14.9 Å². The average Bonchev–Trinajstić information content (AvgIpc) is 3.27. The number of hydrogen-bond donors (Lipinski definition) is 1. The second kappa shape index (κ2) is 10.2. The van der Waals surface area contributed by atoms with Gasteiger partial charge >= 0.3 is 10.1 Å². The molecule has 0 saturated carbocycles. The molecule has 0 spiro atoms. The lowest BCUT2D eigenvalue weighted by atomic mass is 10.1. The number of benzene rings is 2. The zero-order chi connectivity index (χ0) is 24.0. The van der Waals surface area contributed by atoms with Crippen molar-refractivity contribution in [1.29, 1.82) is 5.26 Å². The first-order chi connectivity index (χ1) is 15.7. The second-order valence-electron chi connectivity index (χ2n) is 6.98. The lowest BCUT2D eigenvalue weighted by Crippen LogP contribution is -2.13. The number of anilines is 1. The first-order valence-corrected chi connectivity index (χ1v) is 11.9. The minimum atomic E-state index is -4.06. The van der Waals surface area contributed by atoms with Gasteiger partial charge in [0, 0.05) is 5.92 Å². The lowest BCUT2D eigenvalue weighted by Gasteiger charge is -2.11. The molecule has 1 aromatic heterocycles. The summed E-state index contributed by atoms with van der Waals surface area (Å²) in [5.74, 6) is -0.392. The number of amides is 1. The van der Waals surface area contributed by atoms with E-state index in [1.54, 1.807) is 18.2 Å². The van der Waals surface area contributed by atoms with Crippen molar-refractivity contribution in [3.05, 3.63) is 64.7 Å². The van der Waals surface area contributed by atoms with Gasteiger partial charge < -0.3 is 8.92 Å². The van der Waals surface area contributed by atoms with Gasteiger partial charge in [-0.1, -0.05) is 49.4 Å². The molecule has 3 rings (SSSR count). The SMILES string of the molecule is COc1cc(/C=C(/C#N)C(=O)Nc2nnc(C(C)C)s2)ccc1OS(=O)(=O)c1ccccc1. The molecule has 3 aromatic rings. The summed E-state index contributed by atoms with van der Waals surface area (Å²) < 4.78 is 35.4. The maximum Gasteiger partial charge on any atom is 0.339 e. The molecule has 0 saturated heterocycles. The number of ether oxygens (including phenoxy) is 1. The normalized spacial score (nSPS) is 11.7. The molecule has 0 unspecified atom stereocenters. The molecule has 0 aliphatic heterocycles. The first-order valence-electron chi connectivity index (χ1n) is 9.67. The minimum Gasteiger partial charge on any atom is -0.493 e. The monoisotopic (exact) mass is 484 g/mol. The number of rotatable bonds is 8. The van der Waals surface area contributed by atoms with Crippen molar-refractivity contribution >= 4 is 38.6 Å². The highest BCUT2D eigenvalue weighted by molar-refractivity contribution is 7.87. The van der Waals surface area contributed by atoms with Gasteiger partial charge in [-0.15, -0.1) is 10.2 Å². The standard InChI is InChI=1S/C22H20N4O5S2/c1-14(2)21-25-26-22(32-21)24-20(27)16(13-23)11-15-9-10-18(19(12-15)30-3)31-33(28,29)17-7-5-4-6-8-17/h4-12,14H,1-3H3,(H,24,26,27)/b16-11-. The molecule has 9 nitrogen and oxygen atoms in total. The van der Waals surface area contributed by atoms with Gasteiger partial charge in [-0.2, -0.15) is 13.7 Å². The molecule has 1 amide bonds. The Balaban J connectivity index is 1.82. The fraction of sp³-hybridized carbons (Fsp3) is 0.182. The lowest BCUT2D eigenvalue weighted by molar-refractivity contribution is -0.112. The Labute approximate surface area is 195 Å². The number of nitrogens with one attached hydrogen (secondary N) is 1. The highest BCUT2D eigenvalue weighted by Crippen LogP contribution is 2.31. The van der Waals surface area contributed by atoms with E-state index in [9.17, 15) is 18.5 Å². The van der Waals surface area contributed by atoms with E-state index in [1.165, 1.54) is 54.9 Å². The Morgan fingerprint density at radius 2 is 1.88 bits per heavy atom. The van der Waals surface area contributed by atoms with E-state index >= 15 is 0 Å². The highest BCUT2D eigenvalue weighted by atomic mass is 32.2. The Bertz CT molecular complexity index is 1330. The van der Waals surface area contributed by atoms with Gasteiger partial charge in [0.05, 0.1) is 7.11 Å². The van der Waals surface area contributed by atoms with Crippen LogP contribution in [0.1, 0.15) is 30.3 Å². The largest absolute Gasteiger partial charge is 0.493 e. The summed E-state index contributed by atoms with van der Waals surface area (Å²) in [7, 11) is -2.71. The number of nitrogens with zero attached hydrogens (tertiary/aromatic N) is 3. The van der Waals surface area contributed by atoms with E-state index < -0.39 is 16.0 Å². The van der Waals surface area contributed by atoms with E-state index in [-0.39, 0.29) is 33.0 Å². The van der Waals surface area contributed by atoms with Crippen LogP contribution in [0.5, 0.6) is 11.5 Å². The van der Waals surface area contributed by atoms with E-state index in [0.29, 0.717) is 5.56 Å². The number of hydrogen-bond acceptors (Lipinski definition) is 9. The minimum absolute atomic E-state index is 0.00300. The molecule has 11 heteroatoms. The third kappa shape index (κ3) is 5.94. The molecular weight excluding hydrogens is 464 g/mol. The topological polar surface area (TPSA) is 131 Å². The van der Waals surface area contributed by atoms with Crippen LogP contribution >= 0.6 is 11.3 Å². The van der Waals surface area contributed by atoms with E-state index in [4.69, 9.17) is 8.92 Å². The van der Waals surface area contributed by atoms with Gasteiger partial charge in [0.2, 0.25) is 5.13 Å². The summed E-state index contributed by atoms with van der Waals surface area (Å²) in [4.78, 5) is 12.5. The van der Waals surface area contributed by atoms with Crippen LogP contribution in [0, 0.1) is 11.3 Å². The van der Waals surface area contributed by atoms with Crippen LogP contribution < -0.4 is 14.2 Å². The third-order valence-electron chi connectivity index (χ3n) is 4.25. The molecule has 0 atom stereocenters. The number of carbonyl (C=O) groups excluding carboxylic acids is 1. The number of nitriles is 1. The Kier molecular flexibility index (Phi) is 7.42. The predicted molar refractivity (Wildman–Crippen MR) is 123 cm³/mol. The predicted octanol–water partition coefficient (Wildman–Crippen LogP) is 3.98. The average molecular weight is 485 g/mol. The Morgan fingerprint density at radius 1 is 1.15 bits per heavy atom. The summed E-state index contributed by atoms with van der Waals surface area (Å²) in [5, 5.41) is 21.0. The summed E-state index contributed by atoms with van der Waals surface area (Å²) >= 11 is 1.23. The number of aromatic nitrogens is 2. The van der Waals surface area contributed by atoms with Crippen molar-refractivity contribution in [3.8, 4) is 17.6 Å². The molecule has 0 aliphatic rings. The van der Waals surface area contributed by atoms with Crippen molar-refractivity contribution in [2.24, 2.45) is 0 Å². The van der Waals surface area contributed by atoms with Crippen LogP contribution in [0.3, 0.4) is 0 Å². The maximum atomic E-state index is 12.5. The quantitative estimate of drug-likeness (QED) is 0.288. The molecule has 0 aliphatic carbocycles. The fourth-order valence-electron chi connectivity index (χ4n) is 2.59. The third-order valence-corrected chi connectivity index (χ3v) is 6.64. The summed E-state index contributed by atoms with van der Waals surface area (Å²) in [6.07, 6.45) is 1.34. The maximum absolute atomic E-state index is 12.5. The molecule has 0 bridgehead atoms. The Morgan fingerprint density at radius 3 is 2.48 bits per heavy atom. The number of methoxy groups -OCH3 is 1. The summed E-state index contributed by atoms with van der Waals surface area (Å²) in [6, 6.07) is 13.9. The van der Waals surface area contributed by atoms with Crippen molar-refractivity contribution in [3.63, 3.8) is 0 Å². The van der Waals surface area contributed by atoms with Gasteiger partial charge in [-0.25, -0.2) is 0 Å². The Hall–Kier alpha value is -3.75. The fourth-order valence-corrected chi connectivity index (χ4v) is 4.30. The molecule has 1 heterocycles. The molecule has 33 heavy (non-hydrogen) atoms. The highest BCUT2D eigenvalue weighted by Gasteiger charge is 2.19. The van der Waals surface area contributed by atoms with Crippen LogP contribution in [-0.4, -0.2) is 31.6 Å².